The number of hydrogen-bond acceptors (Lipinski definition) is 3. The van der Waals surface area contributed by atoms with Crippen LogP contribution in [0.3, 0.4) is 0 Å². The highest BCUT2D eigenvalue weighted by Crippen LogP contribution is 2.27. The molecule has 2 aromatic carbocycles. The first-order valence-corrected chi connectivity index (χ1v) is 11.8. The zero-order valence-corrected chi connectivity index (χ0v) is 19.6. The Morgan fingerprint density at radius 2 is 1.62 bits per heavy atom. The fraction of sp³-hybridized carbons (Fsp3) is 0.444. The molecule has 0 radical (unpaired) electrons. The minimum Gasteiger partial charge on any atom is -0.493 e. The van der Waals surface area contributed by atoms with Crippen LogP contribution in [0.4, 0.5) is 0 Å². The zero-order chi connectivity index (χ0) is 21.3. The minimum absolute atomic E-state index is 0. The molecule has 4 rings (SSSR count). The van der Waals surface area contributed by atoms with Gasteiger partial charge >= 0.3 is 0 Å². The molecule has 172 valence electrons. The number of piperidine rings is 1. The third-order valence-corrected chi connectivity index (χ3v) is 6.48. The van der Waals surface area contributed by atoms with E-state index in [-0.39, 0.29) is 18.3 Å². The van der Waals surface area contributed by atoms with Crippen LogP contribution in [0.25, 0.3) is 6.08 Å². The normalized spacial score (nSPS) is 17.4. The lowest BCUT2D eigenvalue weighted by Gasteiger charge is -2.32. The van der Waals surface area contributed by atoms with Crippen molar-refractivity contribution in [2.45, 2.75) is 38.0 Å². The van der Waals surface area contributed by atoms with Gasteiger partial charge in [-0.05, 0) is 68.8 Å². The number of nitrogens with zero attached hydrogens (tertiary/aromatic N) is 2. The van der Waals surface area contributed by atoms with Crippen molar-refractivity contribution in [1.82, 2.24) is 9.80 Å². The maximum absolute atomic E-state index is 12.3. The number of halogens is 1. The van der Waals surface area contributed by atoms with Crippen LogP contribution in [-0.4, -0.2) is 55.0 Å². The number of ether oxygens (including phenoxy) is 1. The topological polar surface area (TPSA) is 32.8 Å². The van der Waals surface area contributed by atoms with Crippen LogP contribution in [0, 0.1) is 0 Å². The Labute approximate surface area is 198 Å². The highest BCUT2D eigenvalue weighted by molar-refractivity contribution is 5.92. The van der Waals surface area contributed by atoms with E-state index in [2.05, 4.69) is 35.2 Å². The molecule has 0 saturated carbocycles. The van der Waals surface area contributed by atoms with E-state index in [0.29, 0.717) is 12.5 Å². The predicted octanol–water partition coefficient (Wildman–Crippen LogP) is 5.39. The number of carbonyl (C=O) groups is 1. The largest absolute Gasteiger partial charge is 0.493 e. The average molecular weight is 455 g/mol. The van der Waals surface area contributed by atoms with Crippen LogP contribution in [0.1, 0.15) is 49.1 Å². The average Bonchev–Trinajstić information content (AvgIpc) is 3.37. The Bertz CT molecular complexity index is 857. The quantitative estimate of drug-likeness (QED) is 0.396. The summed E-state index contributed by atoms with van der Waals surface area (Å²) in [5.74, 6) is 1.66. The van der Waals surface area contributed by atoms with E-state index < -0.39 is 0 Å². The van der Waals surface area contributed by atoms with E-state index in [0.717, 1.165) is 63.3 Å². The molecule has 0 N–H and O–H groups in total. The van der Waals surface area contributed by atoms with Crippen LogP contribution in [0.5, 0.6) is 5.75 Å². The van der Waals surface area contributed by atoms with E-state index in [1.165, 1.54) is 18.4 Å². The molecule has 4 nitrogen and oxygen atoms in total. The lowest BCUT2D eigenvalue weighted by atomic mass is 9.89. The van der Waals surface area contributed by atoms with Crippen molar-refractivity contribution in [2.24, 2.45) is 0 Å². The highest BCUT2D eigenvalue weighted by Gasteiger charge is 2.20. The molecule has 5 heteroatoms. The van der Waals surface area contributed by atoms with Crippen molar-refractivity contribution < 1.29 is 9.53 Å². The van der Waals surface area contributed by atoms with Crippen molar-refractivity contribution in [3.8, 4) is 5.75 Å². The van der Waals surface area contributed by atoms with Crippen molar-refractivity contribution in [2.75, 3.05) is 39.3 Å². The van der Waals surface area contributed by atoms with Gasteiger partial charge < -0.3 is 14.5 Å². The molecule has 0 aliphatic carbocycles. The molecule has 0 unspecified atom stereocenters. The molecule has 2 saturated heterocycles. The third-order valence-electron chi connectivity index (χ3n) is 6.48. The molecule has 32 heavy (non-hydrogen) atoms. The number of para-hydroxylation sites is 1. The van der Waals surface area contributed by atoms with Crippen LogP contribution >= 0.6 is 12.4 Å². The number of carbonyl (C=O) groups excluding carboxylic acids is 1. The molecular formula is C27H35ClN2O2. The van der Waals surface area contributed by atoms with Gasteiger partial charge in [0.2, 0.25) is 5.91 Å². The minimum atomic E-state index is 0. The summed E-state index contributed by atoms with van der Waals surface area (Å²) in [4.78, 5) is 16.7. The molecule has 0 atom stereocenters. The molecule has 2 fully saturated rings. The SMILES string of the molecule is Cl.O=C(C=Cc1ccccc1OCCCN1CCC(c2ccccc2)CC1)N1CCCC1. The van der Waals surface area contributed by atoms with Gasteiger partial charge in [0.05, 0.1) is 6.61 Å². The Kier molecular flexibility index (Phi) is 9.63. The van der Waals surface area contributed by atoms with Crippen LogP contribution in [-0.2, 0) is 4.79 Å². The van der Waals surface area contributed by atoms with Gasteiger partial charge in [-0.2, -0.15) is 0 Å². The second kappa shape index (κ2) is 12.7. The van der Waals surface area contributed by atoms with E-state index in [1.807, 2.05) is 35.2 Å². The molecule has 0 aromatic heterocycles. The Balaban J connectivity index is 0.00000289. The number of benzene rings is 2. The molecule has 0 spiro atoms. The van der Waals surface area contributed by atoms with Crippen molar-refractivity contribution in [1.29, 1.82) is 0 Å². The Morgan fingerprint density at radius 3 is 2.38 bits per heavy atom. The zero-order valence-electron chi connectivity index (χ0n) is 18.8. The Hall–Kier alpha value is -2.30. The van der Waals surface area contributed by atoms with E-state index in [4.69, 9.17) is 4.74 Å². The van der Waals surface area contributed by atoms with Gasteiger partial charge in [0.25, 0.3) is 0 Å². The molecule has 2 aliphatic rings. The molecule has 1 amide bonds. The number of likely N-dealkylation sites (tertiary alicyclic amines) is 2. The summed E-state index contributed by atoms with van der Waals surface area (Å²) in [5, 5.41) is 0. The van der Waals surface area contributed by atoms with E-state index >= 15 is 0 Å². The number of amides is 1. The predicted molar refractivity (Wildman–Crippen MR) is 134 cm³/mol. The molecule has 2 heterocycles. The summed E-state index contributed by atoms with van der Waals surface area (Å²) in [6, 6.07) is 18.9. The fourth-order valence-electron chi connectivity index (χ4n) is 4.64. The van der Waals surface area contributed by atoms with Gasteiger partial charge in [0.1, 0.15) is 5.75 Å². The van der Waals surface area contributed by atoms with E-state index in [1.54, 1.807) is 6.08 Å². The van der Waals surface area contributed by atoms with Crippen molar-refractivity contribution in [3.05, 3.63) is 71.8 Å². The summed E-state index contributed by atoms with van der Waals surface area (Å²) in [5.41, 5.74) is 2.46. The summed E-state index contributed by atoms with van der Waals surface area (Å²) < 4.78 is 6.07. The summed E-state index contributed by atoms with van der Waals surface area (Å²) in [6.07, 6.45) is 9.30. The first-order valence-electron chi connectivity index (χ1n) is 11.8. The standard InChI is InChI=1S/C27H34N2O2.ClH/c30-27(29-18-6-7-19-29)14-13-25-11-4-5-12-26(25)31-22-8-17-28-20-15-24(16-21-28)23-9-2-1-3-10-23;/h1-5,9-14,24H,6-8,15-22H2;1H. The lowest BCUT2D eigenvalue weighted by molar-refractivity contribution is -0.124. The number of rotatable bonds is 8. The maximum atomic E-state index is 12.3. The van der Waals surface area contributed by atoms with Crippen molar-refractivity contribution in [3.63, 3.8) is 0 Å². The van der Waals surface area contributed by atoms with Gasteiger partial charge in [-0.15, -0.1) is 12.4 Å². The first kappa shape index (κ1) is 24.3. The van der Waals surface area contributed by atoms with Gasteiger partial charge in [0.15, 0.2) is 0 Å². The van der Waals surface area contributed by atoms with Crippen LogP contribution < -0.4 is 4.74 Å². The first-order chi connectivity index (χ1) is 15.3. The highest BCUT2D eigenvalue weighted by atomic mass is 35.5. The van der Waals surface area contributed by atoms with Gasteiger partial charge in [0, 0.05) is 31.3 Å². The monoisotopic (exact) mass is 454 g/mol. The number of hydrogen-bond donors (Lipinski definition) is 0. The van der Waals surface area contributed by atoms with Gasteiger partial charge in [-0.25, -0.2) is 0 Å². The third kappa shape index (κ3) is 6.85. The van der Waals surface area contributed by atoms with Crippen LogP contribution in [0.2, 0.25) is 0 Å². The fourth-order valence-corrected chi connectivity index (χ4v) is 4.64. The van der Waals surface area contributed by atoms with Gasteiger partial charge in [-0.1, -0.05) is 48.5 Å². The van der Waals surface area contributed by atoms with Crippen molar-refractivity contribution >= 4 is 24.4 Å². The molecule has 0 bridgehead atoms. The summed E-state index contributed by atoms with van der Waals surface area (Å²) in [7, 11) is 0. The van der Waals surface area contributed by atoms with Crippen LogP contribution in [0.15, 0.2) is 60.7 Å². The summed E-state index contributed by atoms with van der Waals surface area (Å²) >= 11 is 0. The Morgan fingerprint density at radius 1 is 0.938 bits per heavy atom. The molecule has 2 aromatic rings. The second-order valence-electron chi connectivity index (χ2n) is 8.63. The molecular weight excluding hydrogens is 420 g/mol. The van der Waals surface area contributed by atoms with E-state index in [9.17, 15) is 4.79 Å². The lowest BCUT2D eigenvalue weighted by Crippen LogP contribution is -2.34. The second-order valence-corrected chi connectivity index (χ2v) is 8.63. The smallest absolute Gasteiger partial charge is 0.246 e. The van der Waals surface area contributed by atoms with Gasteiger partial charge in [-0.3, -0.25) is 4.79 Å². The molecule has 2 aliphatic heterocycles. The summed E-state index contributed by atoms with van der Waals surface area (Å²) in [6.45, 7) is 5.86. The maximum Gasteiger partial charge on any atom is 0.246 e.